The topological polar surface area (TPSA) is 66.1 Å². The second kappa shape index (κ2) is 5.29. The van der Waals surface area contributed by atoms with E-state index < -0.39 is 10.0 Å². The molecule has 92 valence electrons. The Morgan fingerprint density at radius 3 is 2.56 bits per heavy atom. The normalized spacial score (nSPS) is 12.6. The second-order valence-electron chi connectivity index (χ2n) is 3.76. The molecule has 0 aliphatic carbocycles. The molecule has 0 aromatic carbocycles. The summed E-state index contributed by atoms with van der Waals surface area (Å²) in [5, 5.41) is 7.00. The lowest BCUT2D eigenvalue weighted by Crippen LogP contribution is -2.38. The molecule has 7 heteroatoms. The number of H-pyrrole nitrogens is 1. The summed E-state index contributed by atoms with van der Waals surface area (Å²) >= 11 is 3.26. The quantitative estimate of drug-likeness (QED) is 0.838. The minimum atomic E-state index is -3.44. The van der Waals surface area contributed by atoms with Gasteiger partial charge in [0.2, 0.25) is 10.0 Å². The molecule has 0 aliphatic rings. The molecule has 0 spiro atoms. The third kappa shape index (κ3) is 2.64. The number of alkyl halides is 1. The first-order valence-corrected chi connectivity index (χ1v) is 7.55. The van der Waals surface area contributed by atoms with Crippen LogP contribution in [0.4, 0.5) is 0 Å². The van der Waals surface area contributed by atoms with Crippen LogP contribution in [-0.4, -0.2) is 40.8 Å². The van der Waals surface area contributed by atoms with Crippen molar-refractivity contribution in [3.63, 3.8) is 0 Å². The summed E-state index contributed by atoms with van der Waals surface area (Å²) in [7, 11) is -3.44. The van der Waals surface area contributed by atoms with Crippen LogP contribution in [0.5, 0.6) is 0 Å². The van der Waals surface area contributed by atoms with Gasteiger partial charge in [0.15, 0.2) is 0 Å². The first-order chi connectivity index (χ1) is 7.41. The van der Waals surface area contributed by atoms with Gasteiger partial charge in [-0.25, -0.2) is 8.42 Å². The van der Waals surface area contributed by atoms with Crippen molar-refractivity contribution in [1.82, 2.24) is 14.5 Å². The molecule has 0 aliphatic heterocycles. The predicted octanol–water partition coefficient (Wildman–Crippen LogP) is 1.51. The van der Waals surface area contributed by atoms with Crippen molar-refractivity contribution < 1.29 is 8.42 Å². The van der Waals surface area contributed by atoms with Crippen molar-refractivity contribution in [2.45, 2.75) is 31.7 Å². The van der Waals surface area contributed by atoms with Gasteiger partial charge >= 0.3 is 0 Å². The maximum absolute atomic E-state index is 12.3. The average Bonchev–Trinajstić information content (AvgIpc) is 2.60. The van der Waals surface area contributed by atoms with Crippen molar-refractivity contribution in [3.8, 4) is 0 Å². The van der Waals surface area contributed by atoms with E-state index >= 15 is 0 Å². The highest BCUT2D eigenvalue weighted by Gasteiger charge is 2.28. The fourth-order valence-corrected chi connectivity index (χ4v) is 3.84. The molecule has 5 nitrogen and oxygen atoms in total. The Morgan fingerprint density at radius 1 is 1.56 bits per heavy atom. The SMILES string of the molecule is Cc1[nH]ncc1S(=O)(=O)N(CCBr)C(C)C. The fraction of sp³-hybridized carbons (Fsp3) is 0.667. The number of sulfonamides is 1. The van der Waals surface area contributed by atoms with Gasteiger partial charge in [-0.2, -0.15) is 9.40 Å². The van der Waals surface area contributed by atoms with Crippen LogP contribution in [0.1, 0.15) is 19.5 Å². The monoisotopic (exact) mass is 309 g/mol. The number of halogens is 1. The predicted molar refractivity (Wildman–Crippen MR) is 66.1 cm³/mol. The summed E-state index contributed by atoms with van der Waals surface area (Å²) < 4.78 is 26.0. The summed E-state index contributed by atoms with van der Waals surface area (Å²) in [6.07, 6.45) is 1.36. The van der Waals surface area contributed by atoms with Gasteiger partial charge in [-0.05, 0) is 20.8 Å². The van der Waals surface area contributed by atoms with Crippen LogP contribution in [0, 0.1) is 6.92 Å². The van der Waals surface area contributed by atoms with Gasteiger partial charge in [0.1, 0.15) is 4.90 Å². The molecule has 16 heavy (non-hydrogen) atoms. The highest BCUT2D eigenvalue weighted by atomic mass is 79.9. The number of hydrogen-bond acceptors (Lipinski definition) is 3. The second-order valence-corrected chi connectivity index (χ2v) is 6.41. The van der Waals surface area contributed by atoms with Crippen LogP contribution in [-0.2, 0) is 10.0 Å². The molecule has 1 N–H and O–H groups in total. The van der Waals surface area contributed by atoms with E-state index in [9.17, 15) is 8.42 Å². The third-order valence-corrected chi connectivity index (χ3v) is 4.79. The molecule has 0 radical (unpaired) electrons. The van der Waals surface area contributed by atoms with Gasteiger partial charge in [-0.1, -0.05) is 15.9 Å². The molecule has 1 aromatic heterocycles. The number of nitrogens with one attached hydrogen (secondary N) is 1. The lowest BCUT2D eigenvalue weighted by Gasteiger charge is -2.24. The largest absolute Gasteiger partial charge is 0.281 e. The Labute approximate surface area is 104 Å². The third-order valence-electron chi connectivity index (χ3n) is 2.25. The molecule has 1 aromatic rings. The molecular weight excluding hydrogens is 294 g/mol. The van der Waals surface area contributed by atoms with Crippen LogP contribution in [0.15, 0.2) is 11.1 Å². The number of rotatable bonds is 5. The highest BCUT2D eigenvalue weighted by Crippen LogP contribution is 2.19. The minimum absolute atomic E-state index is 0.0724. The molecule has 0 saturated heterocycles. The zero-order valence-electron chi connectivity index (χ0n) is 9.57. The Kier molecular flexibility index (Phi) is 4.52. The van der Waals surface area contributed by atoms with E-state index in [1.807, 2.05) is 13.8 Å². The standard InChI is InChI=1S/C9H16BrN3O2S/c1-7(2)13(5-4-10)16(14,15)9-6-11-12-8(9)3/h6-7H,4-5H2,1-3H3,(H,11,12). The summed E-state index contributed by atoms with van der Waals surface area (Å²) in [6.45, 7) is 5.86. The van der Waals surface area contributed by atoms with E-state index in [2.05, 4.69) is 26.1 Å². The van der Waals surface area contributed by atoms with Crippen molar-refractivity contribution in [2.75, 3.05) is 11.9 Å². The molecular formula is C9H16BrN3O2S. The van der Waals surface area contributed by atoms with E-state index in [0.717, 1.165) is 0 Å². The van der Waals surface area contributed by atoms with Crippen LogP contribution >= 0.6 is 15.9 Å². The summed E-state index contributed by atoms with van der Waals surface area (Å²) in [4.78, 5) is 0.252. The van der Waals surface area contributed by atoms with E-state index in [4.69, 9.17) is 0 Å². The number of aromatic amines is 1. The maximum Gasteiger partial charge on any atom is 0.246 e. The maximum atomic E-state index is 12.3. The molecule has 1 heterocycles. The molecule has 1 rings (SSSR count). The summed E-state index contributed by atoms with van der Waals surface area (Å²) in [6, 6.07) is -0.0724. The molecule has 0 atom stereocenters. The Hall–Kier alpha value is -0.400. The Morgan fingerprint density at radius 2 is 2.19 bits per heavy atom. The zero-order chi connectivity index (χ0) is 12.3. The van der Waals surface area contributed by atoms with Gasteiger partial charge in [-0.3, -0.25) is 5.10 Å². The lowest BCUT2D eigenvalue weighted by atomic mass is 10.4. The number of aromatic nitrogens is 2. The van der Waals surface area contributed by atoms with Gasteiger partial charge in [-0.15, -0.1) is 0 Å². The smallest absolute Gasteiger partial charge is 0.246 e. The summed E-state index contributed by atoms with van der Waals surface area (Å²) in [5.74, 6) is 0. The first kappa shape index (κ1) is 13.7. The van der Waals surface area contributed by atoms with Crippen LogP contribution < -0.4 is 0 Å². The number of aryl methyl sites for hydroxylation is 1. The number of hydrogen-bond donors (Lipinski definition) is 1. The Balaban J connectivity index is 3.14. The highest BCUT2D eigenvalue weighted by molar-refractivity contribution is 9.09. The van der Waals surface area contributed by atoms with Crippen LogP contribution in [0.25, 0.3) is 0 Å². The van der Waals surface area contributed by atoms with Gasteiger partial charge < -0.3 is 0 Å². The lowest BCUT2D eigenvalue weighted by molar-refractivity contribution is 0.372. The van der Waals surface area contributed by atoms with Crippen molar-refractivity contribution in [2.24, 2.45) is 0 Å². The van der Waals surface area contributed by atoms with E-state index in [1.54, 1.807) is 6.92 Å². The first-order valence-electron chi connectivity index (χ1n) is 4.99. The van der Waals surface area contributed by atoms with Crippen LogP contribution in [0.2, 0.25) is 0 Å². The summed E-state index contributed by atoms with van der Waals surface area (Å²) in [5.41, 5.74) is 0.570. The van der Waals surface area contributed by atoms with Gasteiger partial charge in [0.05, 0.1) is 11.9 Å². The van der Waals surface area contributed by atoms with E-state index in [-0.39, 0.29) is 10.9 Å². The van der Waals surface area contributed by atoms with E-state index in [0.29, 0.717) is 17.6 Å². The van der Waals surface area contributed by atoms with E-state index in [1.165, 1.54) is 10.5 Å². The van der Waals surface area contributed by atoms with Gasteiger partial charge in [0.25, 0.3) is 0 Å². The number of nitrogens with zero attached hydrogens (tertiary/aromatic N) is 2. The molecule has 0 unspecified atom stereocenters. The molecule has 0 bridgehead atoms. The average molecular weight is 310 g/mol. The minimum Gasteiger partial charge on any atom is -0.281 e. The fourth-order valence-electron chi connectivity index (χ4n) is 1.47. The van der Waals surface area contributed by atoms with Crippen LogP contribution in [0.3, 0.4) is 0 Å². The molecule has 0 amide bonds. The van der Waals surface area contributed by atoms with Crippen molar-refractivity contribution in [3.05, 3.63) is 11.9 Å². The van der Waals surface area contributed by atoms with Crippen molar-refractivity contribution in [1.29, 1.82) is 0 Å². The zero-order valence-corrected chi connectivity index (χ0v) is 12.0. The molecule has 0 saturated carbocycles. The van der Waals surface area contributed by atoms with Gasteiger partial charge in [0, 0.05) is 17.9 Å². The van der Waals surface area contributed by atoms with Crippen molar-refractivity contribution >= 4 is 26.0 Å². The Bertz CT molecular complexity index is 441. The molecule has 0 fully saturated rings.